The minimum absolute atomic E-state index is 0.0877. The number of Topliss-reactive ketones (excluding diaryl/α,β-unsaturated/α-hetero) is 1. The third-order valence-corrected chi connectivity index (χ3v) is 8.83. The normalized spacial score (nSPS) is 18.3. The summed E-state index contributed by atoms with van der Waals surface area (Å²) >= 11 is 3.19. The Kier molecular flexibility index (Phi) is 7.01. The molecule has 200 valence electrons. The number of pyridine rings is 1. The van der Waals surface area contributed by atoms with Gasteiger partial charge < -0.3 is 19.5 Å². The first-order valence-electron chi connectivity index (χ1n) is 12.5. The molecule has 0 saturated heterocycles. The molecular weight excluding hydrogens is 534 g/mol. The summed E-state index contributed by atoms with van der Waals surface area (Å²) in [5.74, 6) is 2.95. The van der Waals surface area contributed by atoms with E-state index in [0.717, 1.165) is 17.0 Å². The first-order chi connectivity index (χ1) is 19.1. The molecule has 4 aromatic rings. The number of allylic oxidation sites excluding steroid dienone is 2. The molecule has 0 radical (unpaired) electrons. The van der Waals surface area contributed by atoms with Crippen LogP contribution in [0.4, 0.5) is 5.95 Å². The molecule has 0 bridgehead atoms. The Morgan fingerprint density at radius 3 is 2.56 bits per heavy atom. The number of anilines is 1. The molecule has 3 aromatic heterocycles. The maximum absolute atomic E-state index is 13.8. The lowest BCUT2D eigenvalue weighted by molar-refractivity contribution is -0.116. The number of carbonyl (C=O) groups is 1. The van der Waals surface area contributed by atoms with Crippen molar-refractivity contribution in [3.05, 3.63) is 81.4 Å². The van der Waals surface area contributed by atoms with Gasteiger partial charge in [0.1, 0.15) is 6.04 Å². The molecule has 1 aliphatic heterocycles. The molecule has 0 spiro atoms. The number of thioether (sulfide) groups is 1. The second-order valence-corrected chi connectivity index (χ2v) is 11.1. The molecule has 1 aliphatic carbocycles. The second-order valence-electron chi connectivity index (χ2n) is 9.19. The van der Waals surface area contributed by atoms with Crippen molar-refractivity contribution in [2.24, 2.45) is 0 Å². The lowest BCUT2D eigenvalue weighted by Crippen LogP contribution is -2.33. The summed E-state index contributed by atoms with van der Waals surface area (Å²) in [5.41, 5.74) is 3.31. The largest absolute Gasteiger partial charge is 0.493 e. The predicted octanol–water partition coefficient (Wildman–Crippen LogP) is 5.47. The minimum atomic E-state index is -0.501. The molecule has 0 unspecified atom stereocenters. The minimum Gasteiger partial charge on any atom is -0.493 e. The highest BCUT2D eigenvalue weighted by Gasteiger charge is 2.40. The number of methoxy groups -OCH3 is 3. The highest BCUT2D eigenvalue weighted by molar-refractivity contribution is 7.98. The Morgan fingerprint density at radius 2 is 1.90 bits per heavy atom. The van der Waals surface area contributed by atoms with E-state index in [9.17, 15) is 4.79 Å². The van der Waals surface area contributed by atoms with Gasteiger partial charge in [0.2, 0.25) is 16.9 Å². The Hall–Kier alpha value is -3.83. The monoisotopic (exact) mass is 561 g/mol. The number of fused-ring (bicyclic) bond motifs is 1. The highest BCUT2D eigenvalue weighted by atomic mass is 32.2. The Balaban J connectivity index is 1.44. The lowest BCUT2D eigenvalue weighted by atomic mass is 9.80. The number of nitrogens with zero attached hydrogens (tertiary/aromatic N) is 4. The molecule has 1 N–H and O–H groups in total. The summed E-state index contributed by atoms with van der Waals surface area (Å²) in [6.45, 7) is 0. The molecule has 0 amide bonds. The van der Waals surface area contributed by atoms with Gasteiger partial charge in [-0.1, -0.05) is 23.9 Å². The number of carbonyl (C=O) groups excluding carboxylic acids is 1. The molecule has 0 fully saturated rings. The summed E-state index contributed by atoms with van der Waals surface area (Å²) in [5, 5.41) is 11.0. The number of rotatable bonds is 8. The molecule has 4 heterocycles. The lowest BCUT2D eigenvalue weighted by Gasteiger charge is -2.35. The molecule has 1 aromatic carbocycles. The molecule has 0 saturated carbocycles. The van der Waals surface area contributed by atoms with Crippen LogP contribution in [-0.2, 0) is 10.5 Å². The summed E-state index contributed by atoms with van der Waals surface area (Å²) in [7, 11) is 4.74. The second kappa shape index (κ2) is 10.7. The average molecular weight is 562 g/mol. The van der Waals surface area contributed by atoms with Crippen molar-refractivity contribution in [1.82, 2.24) is 19.7 Å². The van der Waals surface area contributed by atoms with Crippen molar-refractivity contribution in [1.29, 1.82) is 0 Å². The van der Waals surface area contributed by atoms with Crippen molar-refractivity contribution < 1.29 is 19.0 Å². The van der Waals surface area contributed by atoms with E-state index in [1.165, 1.54) is 16.6 Å². The van der Waals surface area contributed by atoms with Gasteiger partial charge in [0.25, 0.3) is 0 Å². The Morgan fingerprint density at radius 1 is 1.08 bits per heavy atom. The van der Waals surface area contributed by atoms with Crippen molar-refractivity contribution in [3.8, 4) is 17.2 Å². The van der Waals surface area contributed by atoms with Crippen LogP contribution in [0.5, 0.6) is 17.2 Å². The molecular formula is C28H27N5O4S2. The quantitative estimate of drug-likeness (QED) is 0.281. The first-order valence-corrected chi connectivity index (χ1v) is 14.3. The van der Waals surface area contributed by atoms with Gasteiger partial charge in [-0.3, -0.25) is 9.78 Å². The number of benzene rings is 1. The fourth-order valence-electron chi connectivity index (χ4n) is 5.17. The number of hydrogen-bond acceptors (Lipinski definition) is 10. The Labute approximate surface area is 234 Å². The van der Waals surface area contributed by atoms with Crippen LogP contribution in [0, 0.1) is 0 Å². The van der Waals surface area contributed by atoms with Gasteiger partial charge in [0, 0.05) is 40.4 Å². The highest BCUT2D eigenvalue weighted by Crippen LogP contribution is 2.48. The number of aromatic nitrogens is 4. The van der Waals surface area contributed by atoms with E-state index in [0.29, 0.717) is 52.5 Å². The van der Waals surface area contributed by atoms with Crippen LogP contribution in [0.2, 0.25) is 0 Å². The van der Waals surface area contributed by atoms with Crippen molar-refractivity contribution in [2.75, 3.05) is 26.6 Å². The summed E-state index contributed by atoms with van der Waals surface area (Å²) in [6, 6.07) is 13.2. The molecule has 39 heavy (non-hydrogen) atoms. The van der Waals surface area contributed by atoms with E-state index in [2.05, 4.69) is 21.7 Å². The smallest absolute Gasteiger partial charge is 0.227 e. The standard InChI is InChI=1S/C28H27N5O4S2/c1-35-21-13-17(14-22(36-2)26(21)37-3)25-24-19(11-16(12-20(24)34)23-8-6-10-38-23)30-27-31-28(32-33(25)27)39-15-18-7-4-5-9-29-18/h4-10,13-14,16,25H,11-12,15H2,1-3H3,(H,30,31,32)/t16-,25-/m1/s1. The van der Waals surface area contributed by atoms with Gasteiger partial charge >= 0.3 is 0 Å². The number of nitrogens with one attached hydrogen (secondary N) is 1. The summed E-state index contributed by atoms with van der Waals surface area (Å²) < 4.78 is 18.6. The Bertz CT molecular complexity index is 1510. The SMILES string of the molecule is COc1cc([C@@H]2C3=C(C[C@@H](c4cccs4)CC3=O)Nc3nc(SCc4ccccn4)nn32)cc(OC)c1OC. The number of ketones is 1. The summed E-state index contributed by atoms with van der Waals surface area (Å²) in [4.78, 5) is 24.2. The zero-order valence-electron chi connectivity index (χ0n) is 21.7. The maximum Gasteiger partial charge on any atom is 0.227 e. The molecule has 11 heteroatoms. The van der Waals surface area contributed by atoms with Crippen molar-refractivity contribution in [2.45, 2.75) is 35.7 Å². The van der Waals surface area contributed by atoms with E-state index in [4.69, 9.17) is 24.3 Å². The van der Waals surface area contributed by atoms with Gasteiger partial charge in [-0.05, 0) is 47.7 Å². The average Bonchev–Trinajstić information content (AvgIpc) is 3.65. The van der Waals surface area contributed by atoms with Crippen molar-refractivity contribution >= 4 is 34.8 Å². The van der Waals surface area contributed by atoms with Crippen LogP contribution >= 0.6 is 23.1 Å². The fourth-order valence-corrected chi connectivity index (χ4v) is 6.74. The topological polar surface area (TPSA) is 100 Å². The molecule has 2 aliphatic rings. The van der Waals surface area contributed by atoms with Crippen molar-refractivity contribution in [3.63, 3.8) is 0 Å². The van der Waals surface area contributed by atoms with Gasteiger partial charge in [0.05, 0.1) is 27.0 Å². The number of thiophene rings is 1. The van der Waals surface area contributed by atoms with Crippen LogP contribution in [0.15, 0.2) is 70.5 Å². The molecule has 9 nitrogen and oxygen atoms in total. The van der Waals surface area contributed by atoms with Crippen LogP contribution < -0.4 is 19.5 Å². The molecule has 2 atom stereocenters. The van der Waals surface area contributed by atoms with Gasteiger partial charge in [-0.25, -0.2) is 4.68 Å². The summed E-state index contributed by atoms with van der Waals surface area (Å²) in [6.07, 6.45) is 2.93. The van der Waals surface area contributed by atoms with E-state index in [1.54, 1.807) is 43.5 Å². The van der Waals surface area contributed by atoms with E-state index < -0.39 is 6.04 Å². The first kappa shape index (κ1) is 25.4. The van der Waals surface area contributed by atoms with E-state index in [-0.39, 0.29) is 11.7 Å². The van der Waals surface area contributed by atoms with Crippen LogP contribution in [0.3, 0.4) is 0 Å². The fraction of sp³-hybridized carbons (Fsp3) is 0.286. The van der Waals surface area contributed by atoms with Gasteiger partial charge in [-0.15, -0.1) is 16.4 Å². The zero-order valence-corrected chi connectivity index (χ0v) is 23.3. The van der Waals surface area contributed by atoms with E-state index >= 15 is 0 Å². The molecule has 6 rings (SSSR count). The van der Waals surface area contributed by atoms with Gasteiger partial charge in [-0.2, -0.15) is 4.98 Å². The third kappa shape index (κ3) is 4.76. The zero-order chi connectivity index (χ0) is 26.9. The number of hydrogen-bond donors (Lipinski definition) is 1. The third-order valence-electron chi connectivity index (χ3n) is 6.92. The van der Waals surface area contributed by atoms with Crippen LogP contribution in [0.25, 0.3) is 0 Å². The number of ether oxygens (including phenoxy) is 3. The van der Waals surface area contributed by atoms with Gasteiger partial charge in [0.15, 0.2) is 17.3 Å². The maximum atomic E-state index is 13.8. The van der Waals surface area contributed by atoms with Crippen LogP contribution in [-0.4, -0.2) is 46.9 Å². The van der Waals surface area contributed by atoms with Crippen LogP contribution in [0.1, 0.15) is 40.9 Å². The predicted molar refractivity (Wildman–Crippen MR) is 150 cm³/mol. The van der Waals surface area contributed by atoms with E-state index in [1.807, 2.05) is 36.4 Å².